The second-order valence-electron chi connectivity index (χ2n) is 0.779. The first-order valence-electron chi connectivity index (χ1n) is 2.22. The molecule has 9 heavy (non-hydrogen) atoms. The number of halogens is 4. The molecule has 0 aliphatic heterocycles. The van der Waals surface area contributed by atoms with Crippen LogP contribution < -0.4 is 0 Å². The van der Waals surface area contributed by atoms with Crippen molar-refractivity contribution in [1.82, 2.24) is 0 Å². The van der Waals surface area contributed by atoms with Crippen LogP contribution in [0.3, 0.4) is 0 Å². The van der Waals surface area contributed by atoms with Crippen LogP contribution in [-0.4, -0.2) is 34.2 Å². The molecule has 51 valence electrons. The molecule has 1 radical (unpaired) electrons. The van der Waals surface area contributed by atoms with Gasteiger partial charge in [-0.3, -0.25) is 25.8 Å². The highest BCUT2D eigenvalue weighted by atomic mass is 79.9. The molecule has 0 saturated carbocycles. The Morgan fingerprint density at radius 1 is 1.22 bits per heavy atom. The fourth-order valence-corrected chi connectivity index (χ4v) is 0. The van der Waals surface area contributed by atoms with Crippen LogP contribution in [0.1, 0.15) is 13.8 Å². The van der Waals surface area contributed by atoms with Gasteiger partial charge in [-0.25, -0.2) is 0 Å². The van der Waals surface area contributed by atoms with Gasteiger partial charge in [-0.05, 0) is 6.42 Å². The summed E-state index contributed by atoms with van der Waals surface area (Å²) in [6.07, 6.45) is 2.00. The largest absolute Gasteiger partial charge is 0.618 e. The highest BCUT2D eigenvalue weighted by Crippen LogP contribution is 1.77. The van der Waals surface area contributed by atoms with Crippen LogP contribution in [0.4, 0.5) is 0 Å². The van der Waals surface area contributed by atoms with Crippen molar-refractivity contribution < 1.29 is 0 Å². The minimum absolute atomic E-state index is 0.0417. The van der Waals surface area contributed by atoms with Crippen LogP contribution >= 0.6 is 43.9 Å². The summed E-state index contributed by atoms with van der Waals surface area (Å²) in [6, 6.07) is 0. The highest BCUT2D eigenvalue weighted by molar-refractivity contribution is 9.47. The first-order chi connectivity index (χ1) is 4.24. The maximum absolute atomic E-state index is 4.90. The Balaban J connectivity index is -0.0000000600. The van der Waals surface area contributed by atoms with Crippen molar-refractivity contribution in [3.8, 4) is 0 Å². The third kappa shape index (κ3) is 96.5. The van der Waals surface area contributed by atoms with Gasteiger partial charge in [0.1, 0.15) is 0 Å². The standard InChI is InChI=1S/C3H7.2BrH.2ClH.2Mg/c1-3-2;;;;;;/h3H,1-2H3;4*1H;;/q;;;;;2*+2/p-4. The third-order valence-corrected chi connectivity index (χ3v) is 0. The Bertz CT molecular complexity index is 22.5. The third-order valence-electron chi connectivity index (χ3n) is 0. The summed E-state index contributed by atoms with van der Waals surface area (Å²) in [7, 11) is 9.81. The lowest BCUT2D eigenvalue weighted by molar-refractivity contribution is 1.41. The van der Waals surface area contributed by atoms with Crippen molar-refractivity contribution in [3.63, 3.8) is 0 Å². The van der Waals surface area contributed by atoms with Gasteiger partial charge in [0.25, 0.3) is 0 Å². The van der Waals surface area contributed by atoms with Crippen molar-refractivity contribution in [2.24, 2.45) is 0 Å². The Labute approximate surface area is 96.6 Å². The molecule has 0 aromatic rings. The molecule has 6 heteroatoms. The van der Waals surface area contributed by atoms with Crippen molar-refractivity contribution in [1.29, 1.82) is 0 Å². The Morgan fingerprint density at radius 2 is 1.22 bits per heavy atom. The monoisotopic (exact) mass is 319 g/mol. The molecule has 0 fully saturated rings. The lowest BCUT2D eigenvalue weighted by Crippen LogP contribution is -1.36. The first kappa shape index (κ1) is 18.0. The summed E-state index contributed by atoms with van der Waals surface area (Å²) in [4.78, 5) is 0. The number of hydrogen-bond donors (Lipinski definition) is 0. The molecule has 0 rings (SSSR count). The van der Waals surface area contributed by atoms with Crippen LogP contribution in [0, 0.1) is 6.42 Å². The van der Waals surface area contributed by atoms with Crippen LogP contribution in [0.15, 0.2) is 0 Å². The van der Waals surface area contributed by atoms with E-state index in [1.165, 1.54) is 0 Å². The number of rotatable bonds is 0. The zero-order valence-electron chi connectivity index (χ0n) is 5.50. The van der Waals surface area contributed by atoms with E-state index in [1.54, 1.807) is 0 Å². The van der Waals surface area contributed by atoms with E-state index in [9.17, 15) is 0 Å². The Morgan fingerprint density at radius 3 is 1.22 bits per heavy atom. The molecule has 0 saturated heterocycles. The van der Waals surface area contributed by atoms with Crippen LogP contribution in [0.2, 0.25) is 0 Å². The second-order valence-corrected chi connectivity index (χ2v) is 11.5. The summed E-state index contributed by atoms with van der Waals surface area (Å²) in [5, 5.41) is 0. The summed E-state index contributed by atoms with van der Waals surface area (Å²) in [5.74, 6) is 0. The Hall–Kier alpha value is 3.07. The van der Waals surface area contributed by atoms with Gasteiger partial charge >= 0.3 is 34.2 Å². The fraction of sp³-hybridized carbons (Fsp3) is 0.667. The van der Waals surface area contributed by atoms with Gasteiger partial charge in [0.05, 0.1) is 0 Å². The van der Waals surface area contributed by atoms with Crippen molar-refractivity contribution in [2.45, 2.75) is 13.8 Å². The van der Waals surface area contributed by atoms with E-state index in [0.717, 1.165) is 0 Å². The molecule has 0 amide bonds. The van der Waals surface area contributed by atoms with Crippen LogP contribution in [-0.2, 0) is 0 Å². The van der Waals surface area contributed by atoms with E-state index >= 15 is 0 Å². The maximum Gasteiger partial charge on any atom is 0.618 e. The molecule has 0 aliphatic carbocycles. The zero-order valence-corrected chi connectivity index (χ0v) is 13.0. The van der Waals surface area contributed by atoms with Gasteiger partial charge in [-0.1, -0.05) is 13.8 Å². The molecule has 0 N–H and O–H groups in total. The van der Waals surface area contributed by atoms with Crippen molar-refractivity contribution in [2.75, 3.05) is 0 Å². The average Bonchev–Trinajstić information content (AvgIpc) is 1.70. The molecular weight excluding hydrogens is 315 g/mol. The lowest BCUT2D eigenvalue weighted by atomic mass is 10.6. The summed E-state index contributed by atoms with van der Waals surface area (Å²) in [6.45, 7) is 4.00. The lowest BCUT2D eigenvalue weighted by Gasteiger charge is -1.47. The smallest absolute Gasteiger partial charge is 0.309 e. The highest BCUT2D eigenvalue weighted by Gasteiger charge is 1.64. The summed E-state index contributed by atoms with van der Waals surface area (Å²) < 4.78 is 0. The molecular formula is C3H7Br2Cl2Mg2. The van der Waals surface area contributed by atoms with Gasteiger partial charge in [0, 0.05) is 0 Å². The minimum Gasteiger partial charge on any atom is -0.309 e. The van der Waals surface area contributed by atoms with E-state index in [0.29, 0.717) is 0 Å². The topological polar surface area (TPSA) is 0 Å². The minimum atomic E-state index is -0.639. The predicted molar refractivity (Wildman–Crippen MR) is 56.7 cm³/mol. The van der Waals surface area contributed by atoms with Gasteiger partial charge in [0.15, 0.2) is 0 Å². The number of hydrogen-bond acceptors (Lipinski definition) is 0. The van der Waals surface area contributed by atoms with E-state index in [4.69, 9.17) is 18.1 Å². The molecule has 0 heterocycles. The quantitative estimate of drug-likeness (QED) is 0.599. The van der Waals surface area contributed by atoms with Crippen LogP contribution in [0.25, 0.3) is 0 Å². The van der Waals surface area contributed by atoms with Gasteiger partial charge in [-0.15, -0.1) is 0 Å². The molecule has 0 unspecified atom stereocenters. The van der Waals surface area contributed by atoms with Gasteiger partial charge in [-0.2, -0.15) is 0 Å². The SMILES string of the molecule is C[CH]C.[Br][Mg][Br].[Cl][Mg][Cl]. The fourth-order valence-electron chi connectivity index (χ4n) is 0. The Kier molecular flexibility index (Phi) is 60.9. The van der Waals surface area contributed by atoms with Crippen LogP contribution in [0.5, 0.6) is 0 Å². The molecule has 0 aliphatic rings. The molecule has 0 aromatic carbocycles. The molecule has 0 aromatic heterocycles. The van der Waals surface area contributed by atoms with Gasteiger partial charge in [0.2, 0.25) is 0 Å². The van der Waals surface area contributed by atoms with Gasteiger partial charge < -0.3 is 18.1 Å². The van der Waals surface area contributed by atoms with Crippen molar-refractivity contribution in [3.05, 3.63) is 6.42 Å². The van der Waals surface area contributed by atoms with E-state index in [2.05, 4.69) is 25.8 Å². The first-order valence-corrected chi connectivity index (χ1v) is 14.3. The van der Waals surface area contributed by atoms with E-state index in [1.807, 2.05) is 20.3 Å². The summed E-state index contributed by atoms with van der Waals surface area (Å²) >= 11 is 5.81. The van der Waals surface area contributed by atoms with Crippen molar-refractivity contribution >= 4 is 78.1 Å². The zero-order chi connectivity index (χ0) is 8.12. The molecule has 0 nitrogen and oxygen atoms in total. The van der Waals surface area contributed by atoms with E-state index < -0.39 is 18.2 Å². The molecule has 0 atom stereocenters. The second kappa shape index (κ2) is 30.5. The van der Waals surface area contributed by atoms with E-state index in [-0.39, 0.29) is 16.0 Å². The average molecular weight is 322 g/mol. The molecule has 0 bridgehead atoms. The predicted octanol–water partition coefficient (Wildman–Crippen LogP) is 3.54. The normalized spacial score (nSPS) is 4.22. The molecule has 0 spiro atoms. The maximum atomic E-state index is 4.90. The summed E-state index contributed by atoms with van der Waals surface area (Å²) in [5.41, 5.74) is 0.